The zero-order valence-electron chi connectivity index (χ0n) is 7.92. The summed E-state index contributed by atoms with van der Waals surface area (Å²) in [6.45, 7) is 5.35. The molecule has 0 aliphatic carbocycles. The monoisotopic (exact) mass is 203 g/mol. The minimum Gasteiger partial charge on any atom is -0.444 e. The third-order valence-corrected chi connectivity index (χ3v) is 2.44. The first-order valence-corrected chi connectivity index (χ1v) is 5.03. The Labute approximate surface area is 81.4 Å². The fraction of sp³-hybridized carbons (Fsp3) is 0.750. The summed E-state index contributed by atoms with van der Waals surface area (Å²) in [5, 5.41) is 2.50. The standard InChI is InChI=1S/C8H13NO3S/c1-8(2,3)12-7(11)9-5-4-13-6(5)10/h5H,4H2,1-3H3,(H,9,11). The second-order valence-corrected chi connectivity index (χ2v) is 4.85. The quantitative estimate of drug-likeness (QED) is 0.694. The van der Waals surface area contributed by atoms with Gasteiger partial charge in [-0.1, -0.05) is 11.8 Å². The van der Waals surface area contributed by atoms with Gasteiger partial charge in [-0.2, -0.15) is 0 Å². The van der Waals surface area contributed by atoms with Crippen molar-refractivity contribution in [3.63, 3.8) is 0 Å². The molecule has 0 aromatic carbocycles. The summed E-state index contributed by atoms with van der Waals surface area (Å²) < 4.78 is 4.98. The van der Waals surface area contributed by atoms with Gasteiger partial charge in [0.2, 0.25) is 5.12 Å². The van der Waals surface area contributed by atoms with Crippen LogP contribution in [0.25, 0.3) is 0 Å². The number of hydrogen-bond acceptors (Lipinski definition) is 4. The molecule has 0 aromatic heterocycles. The number of thioether (sulfide) groups is 1. The number of ether oxygens (including phenoxy) is 1. The minimum atomic E-state index is -0.522. The van der Waals surface area contributed by atoms with Crippen LogP contribution in [0, 0.1) is 0 Å². The van der Waals surface area contributed by atoms with Crippen LogP contribution in [-0.4, -0.2) is 28.6 Å². The zero-order chi connectivity index (χ0) is 10.1. The Morgan fingerprint density at radius 3 is 2.54 bits per heavy atom. The third kappa shape index (κ3) is 3.26. The van der Waals surface area contributed by atoms with Gasteiger partial charge in [0.1, 0.15) is 11.6 Å². The van der Waals surface area contributed by atoms with Crippen LogP contribution in [0.5, 0.6) is 0 Å². The fourth-order valence-corrected chi connectivity index (χ4v) is 1.40. The molecule has 1 rings (SSSR count). The molecule has 1 amide bonds. The summed E-state index contributed by atoms with van der Waals surface area (Å²) in [5.74, 6) is 0.651. The molecule has 1 fully saturated rings. The van der Waals surface area contributed by atoms with Crippen LogP contribution in [0.15, 0.2) is 0 Å². The molecule has 0 bridgehead atoms. The van der Waals surface area contributed by atoms with Crippen molar-refractivity contribution in [2.45, 2.75) is 32.4 Å². The number of carbonyl (C=O) groups excluding carboxylic acids is 2. The Balaban J connectivity index is 2.29. The van der Waals surface area contributed by atoms with Crippen LogP contribution in [0.4, 0.5) is 4.79 Å². The van der Waals surface area contributed by atoms with Crippen LogP contribution in [0.2, 0.25) is 0 Å². The van der Waals surface area contributed by atoms with Gasteiger partial charge in [0.15, 0.2) is 0 Å². The second-order valence-electron chi connectivity index (χ2n) is 3.83. The van der Waals surface area contributed by atoms with Crippen LogP contribution in [0.3, 0.4) is 0 Å². The summed E-state index contributed by atoms with van der Waals surface area (Å²) in [4.78, 5) is 21.9. The molecular formula is C8H13NO3S. The van der Waals surface area contributed by atoms with E-state index in [1.807, 2.05) is 0 Å². The Bertz CT molecular complexity index is 234. The van der Waals surface area contributed by atoms with Crippen molar-refractivity contribution in [3.05, 3.63) is 0 Å². The van der Waals surface area contributed by atoms with E-state index in [1.165, 1.54) is 11.8 Å². The summed E-state index contributed by atoms with van der Waals surface area (Å²) >= 11 is 1.22. The smallest absolute Gasteiger partial charge is 0.408 e. The van der Waals surface area contributed by atoms with Crippen molar-refractivity contribution in [2.75, 3.05) is 5.75 Å². The van der Waals surface area contributed by atoms with Crippen LogP contribution < -0.4 is 5.32 Å². The van der Waals surface area contributed by atoms with Crippen LogP contribution in [0.1, 0.15) is 20.8 Å². The highest BCUT2D eigenvalue weighted by Crippen LogP contribution is 2.20. The van der Waals surface area contributed by atoms with Gasteiger partial charge >= 0.3 is 6.09 Å². The van der Waals surface area contributed by atoms with Gasteiger partial charge in [-0.05, 0) is 20.8 Å². The fourth-order valence-electron chi connectivity index (χ4n) is 0.785. The first-order valence-electron chi connectivity index (χ1n) is 4.04. The highest BCUT2D eigenvalue weighted by Gasteiger charge is 2.32. The highest BCUT2D eigenvalue weighted by molar-refractivity contribution is 8.16. The van der Waals surface area contributed by atoms with E-state index in [9.17, 15) is 9.59 Å². The Morgan fingerprint density at radius 1 is 1.62 bits per heavy atom. The van der Waals surface area contributed by atoms with E-state index in [-0.39, 0.29) is 11.2 Å². The van der Waals surface area contributed by atoms with Crippen molar-refractivity contribution < 1.29 is 14.3 Å². The van der Waals surface area contributed by atoms with Crippen molar-refractivity contribution in [1.82, 2.24) is 5.32 Å². The summed E-state index contributed by atoms with van der Waals surface area (Å²) in [6, 6.07) is -0.347. The summed E-state index contributed by atoms with van der Waals surface area (Å²) in [5.41, 5.74) is -0.510. The maximum absolute atomic E-state index is 11.1. The largest absolute Gasteiger partial charge is 0.444 e. The predicted molar refractivity (Wildman–Crippen MR) is 50.6 cm³/mol. The molecule has 0 aromatic rings. The average Bonchev–Trinajstić information content (AvgIpc) is 1.94. The van der Waals surface area contributed by atoms with Crippen molar-refractivity contribution >= 4 is 23.0 Å². The van der Waals surface area contributed by atoms with E-state index < -0.39 is 11.7 Å². The lowest BCUT2D eigenvalue weighted by atomic mass is 10.2. The molecule has 4 nitrogen and oxygen atoms in total. The van der Waals surface area contributed by atoms with Gasteiger partial charge in [0, 0.05) is 5.75 Å². The Hall–Kier alpha value is -0.710. The zero-order valence-corrected chi connectivity index (χ0v) is 8.73. The van der Waals surface area contributed by atoms with Crippen molar-refractivity contribution in [3.8, 4) is 0 Å². The number of nitrogens with one attached hydrogen (secondary N) is 1. The Morgan fingerprint density at radius 2 is 2.23 bits per heavy atom. The Kier molecular flexibility index (Phi) is 2.85. The molecule has 5 heteroatoms. The molecule has 1 saturated heterocycles. The summed E-state index contributed by atoms with van der Waals surface area (Å²) in [6.07, 6.45) is -0.522. The minimum absolute atomic E-state index is 0.00543. The van der Waals surface area contributed by atoms with E-state index in [0.29, 0.717) is 5.75 Å². The number of alkyl carbamates (subject to hydrolysis) is 1. The SMILES string of the molecule is CC(C)(C)OC(=O)NC1CSC1=O. The molecule has 13 heavy (non-hydrogen) atoms. The molecule has 74 valence electrons. The van der Waals surface area contributed by atoms with Crippen LogP contribution in [-0.2, 0) is 9.53 Å². The van der Waals surface area contributed by atoms with E-state index in [2.05, 4.69) is 5.32 Å². The molecule has 1 aliphatic rings. The van der Waals surface area contributed by atoms with E-state index in [1.54, 1.807) is 20.8 Å². The van der Waals surface area contributed by atoms with Crippen LogP contribution >= 0.6 is 11.8 Å². The van der Waals surface area contributed by atoms with Crippen molar-refractivity contribution in [2.24, 2.45) is 0 Å². The maximum Gasteiger partial charge on any atom is 0.408 e. The third-order valence-electron chi connectivity index (χ3n) is 1.37. The van der Waals surface area contributed by atoms with E-state index in [4.69, 9.17) is 4.74 Å². The van der Waals surface area contributed by atoms with E-state index >= 15 is 0 Å². The molecule has 1 aliphatic heterocycles. The topological polar surface area (TPSA) is 55.4 Å². The van der Waals surface area contributed by atoms with Gasteiger partial charge in [-0.15, -0.1) is 0 Å². The van der Waals surface area contributed by atoms with E-state index in [0.717, 1.165) is 0 Å². The molecule has 0 radical (unpaired) electrons. The first kappa shape index (κ1) is 10.4. The lowest BCUT2D eigenvalue weighted by Crippen LogP contribution is -2.49. The molecule has 1 N–H and O–H groups in total. The number of amides is 1. The lowest BCUT2D eigenvalue weighted by Gasteiger charge is -2.26. The number of rotatable bonds is 1. The second kappa shape index (κ2) is 3.57. The van der Waals surface area contributed by atoms with Gasteiger partial charge < -0.3 is 10.1 Å². The molecule has 1 unspecified atom stereocenters. The number of hydrogen-bond donors (Lipinski definition) is 1. The average molecular weight is 203 g/mol. The summed E-state index contributed by atoms with van der Waals surface area (Å²) in [7, 11) is 0. The molecule has 0 spiro atoms. The van der Waals surface area contributed by atoms with Crippen molar-refractivity contribution in [1.29, 1.82) is 0 Å². The molecular weight excluding hydrogens is 190 g/mol. The van der Waals surface area contributed by atoms with Gasteiger partial charge in [-0.3, -0.25) is 4.79 Å². The maximum atomic E-state index is 11.1. The van der Waals surface area contributed by atoms with Gasteiger partial charge in [0.25, 0.3) is 0 Å². The normalized spacial score (nSPS) is 22.1. The van der Waals surface area contributed by atoms with Gasteiger partial charge in [-0.25, -0.2) is 4.79 Å². The number of carbonyl (C=O) groups is 2. The highest BCUT2D eigenvalue weighted by atomic mass is 32.2. The molecule has 1 heterocycles. The lowest BCUT2D eigenvalue weighted by molar-refractivity contribution is -0.113. The molecule has 0 saturated carbocycles. The predicted octanol–water partition coefficient (Wildman–Crippen LogP) is 1.15. The van der Waals surface area contributed by atoms with Gasteiger partial charge in [0.05, 0.1) is 0 Å². The molecule has 1 atom stereocenters. The first-order chi connectivity index (χ1) is 5.88.